The van der Waals surface area contributed by atoms with Crippen molar-refractivity contribution in [2.45, 2.75) is 6.92 Å². The molecule has 8 nitrogen and oxygen atoms in total. The second-order valence-electron chi connectivity index (χ2n) is 6.71. The summed E-state index contributed by atoms with van der Waals surface area (Å²) < 4.78 is 1.14. The number of aromatic nitrogens is 1. The number of nitrogen functional groups attached to an aromatic ring is 1. The molecule has 3 amide bonds. The van der Waals surface area contributed by atoms with Gasteiger partial charge in [0.2, 0.25) is 0 Å². The number of rotatable bonds is 4. The quantitative estimate of drug-likeness (QED) is 0.648. The molecule has 3 N–H and O–H groups in total. The summed E-state index contributed by atoms with van der Waals surface area (Å²) in [5, 5.41) is 2.13. The number of imide groups is 1. The Kier molecular flexibility index (Phi) is 4.67. The molecule has 0 fully saturated rings. The second-order valence-corrected chi connectivity index (χ2v) is 6.71. The van der Waals surface area contributed by atoms with Crippen molar-refractivity contribution in [3.8, 4) is 5.69 Å². The summed E-state index contributed by atoms with van der Waals surface area (Å²) in [5.74, 6) is -1.60. The van der Waals surface area contributed by atoms with E-state index < -0.39 is 17.4 Å². The molecule has 3 aromatic rings. The standard InChI is InChI=1S/C22H18N4O4/c1-2-25(14-6-4-3-5-7-14)22(30)13-8-10-15(11-9-13)26-17(27)12-16-18(19(26)23)21(29)24-20(16)28/h3-12H,2,23H2,1H3,(H,24,28,29). The summed E-state index contributed by atoms with van der Waals surface area (Å²) >= 11 is 0. The average molecular weight is 402 g/mol. The first kappa shape index (κ1) is 19.1. The fourth-order valence-corrected chi connectivity index (χ4v) is 3.51. The number of para-hydroxylation sites is 1. The fourth-order valence-electron chi connectivity index (χ4n) is 3.51. The van der Waals surface area contributed by atoms with Crippen LogP contribution in [0.2, 0.25) is 0 Å². The van der Waals surface area contributed by atoms with Crippen molar-refractivity contribution in [3.05, 3.63) is 87.7 Å². The van der Waals surface area contributed by atoms with Crippen molar-refractivity contribution in [2.24, 2.45) is 0 Å². The van der Waals surface area contributed by atoms with Crippen LogP contribution in [0.5, 0.6) is 0 Å². The SMILES string of the molecule is CCN(C(=O)c1ccc(-n2c(N)c3c(cc2=O)C(=O)NC3=O)cc1)c1ccccc1. The predicted octanol–water partition coefficient (Wildman–Crippen LogP) is 1.97. The van der Waals surface area contributed by atoms with Crippen molar-refractivity contribution in [3.63, 3.8) is 0 Å². The van der Waals surface area contributed by atoms with Gasteiger partial charge in [0.25, 0.3) is 23.3 Å². The lowest BCUT2D eigenvalue weighted by atomic mass is 10.1. The van der Waals surface area contributed by atoms with Crippen LogP contribution >= 0.6 is 0 Å². The minimum atomic E-state index is -0.646. The summed E-state index contributed by atoms with van der Waals surface area (Å²) in [6.07, 6.45) is 0. The van der Waals surface area contributed by atoms with Gasteiger partial charge < -0.3 is 10.6 Å². The van der Waals surface area contributed by atoms with E-state index >= 15 is 0 Å². The zero-order chi connectivity index (χ0) is 21.4. The third-order valence-electron chi connectivity index (χ3n) is 4.96. The van der Waals surface area contributed by atoms with E-state index in [0.29, 0.717) is 17.8 Å². The van der Waals surface area contributed by atoms with Gasteiger partial charge in [0, 0.05) is 23.9 Å². The number of amides is 3. The zero-order valence-corrected chi connectivity index (χ0v) is 16.1. The van der Waals surface area contributed by atoms with Crippen molar-refractivity contribution >= 4 is 29.2 Å². The lowest BCUT2D eigenvalue weighted by Gasteiger charge is -2.21. The molecule has 0 bridgehead atoms. The number of benzene rings is 2. The average Bonchev–Trinajstić information content (AvgIpc) is 3.03. The van der Waals surface area contributed by atoms with Crippen LogP contribution in [0.3, 0.4) is 0 Å². The van der Waals surface area contributed by atoms with Gasteiger partial charge in [0.15, 0.2) is 0 Å². The number of anilines is 2. The van der Waals surface area contributed by atoms with Gasteiger partial charge in [0.05, 0.1) is 16.8 Å². The number of carbonyl (C=O) groups excluding carboxylic acids is 3. The van der Waals surface area contributed by atoms with Gasteiger partial charge in [0.1, 0.15) is 5.82 Å². The van der Waals surface area contributed by atoms with E-state index in [4.69, 9.17) is 5.73 Å². The number of hydrogen-bond donors (Lipinski definition) is 2. The molecular formula is C22H18N4O4. The summed E-state index contributed by atoms with van der Waals surface area (Å²) in [5.41, 5.74) is 7.03. The molecule has 1 aliphatic heterocycles. The van der Waals surface area contributed by atoms with Gasteiger partial charge in [-0.2, -0.15) is 0 Å². The number of hydrogen-bond acceptors (Lipinski definition) is 5. The molecule has 0 unspecified atom stereocenters. The van der Waals surface area contributed by atoms with Crippen LogP contribution in [0.1, 0.15) is 38.0 Å². The Balaban J connectivity index is 1.71. The van der Waals surface area contributed by atoms with E-state index in [0.717, 1.165) is 16.3 Å². The molecule has 0 radical (unpaired) electrons. The highest BCUT2D eigenvalue weighted by molar-refractivity contribution is 6.23. The maximum atomic E-state index is 12.9. The minimum Gasteiger partial charge on any atom is -0.384 e. The molecule has 8 heteroatoms. The molecule has 0 aliphatic carbocycles. The first-order valence-corrected chi connectivity index (χ1v) is 9.31. The highest BCUT2D eigenvalue weighted by Gasteiger charge is 2.31. The van der Waals surface area contributed by atoms with Crippen LogP contribution in [-0.2, 0) is 0 Å². The summed E-state index contributed by atoms with van der Waals surface area (Å²) in [6, 6.07) is 16.7. The number of fused-ring (bicyclic) bond motifs is 1. The van der Waals surface area contributed by atoms with Crippen LogP contribution < -0.4 is 21.5 Å². The second kappa shape index (κ2) is 7.32. The molecule has 0 saturated heterocycles. The van der Waals surface area contributed by atoms with Crippen LogP contribution in [0.15, 0.2) is 65.5 Å². The lowest BCUT2D eigenvalue weighted by Crippen LogP contribution is -2.30. The number of pyridine rings is 1. The largest absolute Gasteiger partial charge is 0.384 e. The smallest absolute Gasteiger partial charge is 0.262 e. The number of carbonyl (C=O) groups is 3. The third kappa shape index (κ3) is 3.04. The molecule has 1 aliphatic rings. The lowest BCUT2D eigenvalue weighted by molar-refractivity contribution is 0.0878. The molecule has 150 valence electrons. The summed E-state index contributed by atoms with van der Waals surface area (Å²) in [6.45, 7) is 2.38. The van der Waals surface area contributed by atoms with Crippen molar-refractivity contribution in [1.82, 2.24) is 9.88 Å². The first-order valence-electron chi connectivity index (χ1n) is 9.31. The molecule has 0 spiro atoms. The Bertz CT molecular complexity index is 1230. The molecule has 4 rings (SSSR count). The fraction of sp³-hybridized carbons (Fsp3) is 0.0909. The van der Waals surface area contributed by atoms with Gasteiger partial charge in [-0.25, -0.2) is 0 Å². The van der Waals surface area contributed by atoms with E-state index in [2.05, 4.69) is 5.32 Å². The van der Waals surface area contributed by atoms with Gasteiger partial charge in [-0.3, -0.25) is 29.1 Å². The number of nitrogens with two attached hydrogens (primary N) is 1. The van der Waals surface area contributed by atoms with E-state index in [1.54, 1.807) is 29.2 Å². The van der Waals surface area contributed by atoms with Crippen molar-refractivity contribution in [2.75, 3.05) is 17.2 Å². The molecule has 0 saturated carbocycles. The molecular weight excluding hydrogens is 384 g/mol. The maximum absolute atomic E-state index is 12.9. The van der Waals surface area contributed by atoms with E-state index in [9.17, 15) is 19.2 Å². The molecule has 2 heterocycles. The highest BCUT2D eigenvalue weighted by Crippen LogP contribution is 2.23. The third-order valence-corrected chi connectivity index (χ3v) is 4.96. The van der Waals surface area contributed by atoms with Crippen LogP contribution in [0.25, 0.3) is 5.69 Å². The van der Waals surface area contributed by atoms with E-state index in [1.807, 2.05) is 37.3 Å². The zero-order valence-electron chi connectivity index (χ0n) is 16.1. The van der Waals surface area contributed by atoms with Crippen LogP contribution in [0, 0.1) is 0 Å². The Morgan fingerprint density at radius 1 is 1.00 bits per heavy atom. The summed E-state index contributed by atoms with van der Waals surface area (Å²) in [7, 11) is 0. The Morgan fingerprint density at radius 3 is 2.30 bits per heavy atom. The van der Waals surface area contributed by atoms with Gasteiger partial charge in [-0.05, 0) is 43.3 Å². The maximum Gasteiger partial charge on any atom is 0.262 e. The number of nitrogens with zero attached hydrogens (tertiary/aromatic N) is 2. The predicted molar refractivity (Wildman–Crippen MR) is 112 cm³/mol. The van der Waals surface area contributed by atoms with Gasteiger partial charge in [-0.1, -0.05) is 18.2 Å². The molecule has 0 atom stereocenters. The van der Waals surface area contributed by atoms with Gasteiger partial charge in [-0.15, -0.1) is 0 Å². The van der Waals surface area contributed by atoms with Crippen molar-refractivity contribution in [1.29, 1.82) is 0 Å². The Hall–Kier alpha value is -4.20. The van der Waals surface area contributed by atoms with Crippen LogP contribution in [-0.4, -0.2) is 28.8 Å². The monoisotopic (exact) mass is 402 g/mol. The molecule has 1 aromatic heterocycles. The highest BCUT2D eigenvalue weighted by atomic mass is 16.2. The Morgan fingerprint density at radius 2 is 1.67 bits per heavy atom. The minimum absolute atomic E-state index is 0.0269. The van der Waals surface area contributed by atoms with Gasteiger partial charge >= 0.3 is 0 Å². The van der Waals surface area contributed by atoms with E-state index in [-0.39, 0.29) is 22.9 Å². The molecule has 30 heavy (non-hydrogen) atoms. The number of nitrogens with one attached hydrogen (secondary N) is 1. The topological polar surface area (TPSA) is 114 Å². The molecule has 2 aromatic carbocycles. The normalized spacial score (nSPS) is 12.4. The van der Waals surface area contributed by atoms with Crippen molar-refractivity contribution < 1.29 is 14.4 Å². The first-order chi connectivity index (χ1) is 14.4. The van der Waals surface area contributed by atoms with Crippen LogP contribution in [0.4, 0.5) is 11.5 Å². The summed E-state index contributed by atoms with van der Waals surface area (Å²) in [4.78, 5) is 50.9. The van der Waals surface area contributed by atoms with E-state index in [1.165, 1.54) is 0 Å². The Labute approximate surface area is 171 Å².